The Morgan fingerprint density at radius 1 is 1.26 bits per heavy atom. The Kier molecular flexibility index (Phi) is 4.52. The lowest BCUT2D eigenvalue weighted by molar-refractivity contribution is 0.178. The van der Waals surface area contributed by atoms with Crippen molar-refractivity contribution in [1.82, 2.24) is 9.97 Å². The predicted octanol–water partition coefficient (Wildman–Crippen LogP) is 3.81. The molecule has 2 aromatic rings. The average molecular weight is 302 g/mol. The van der Waals surface area contributed by atoms with E-state index in [4.69, 9.17) is 27.9 Å². The molecule has 0 atom stereocenters. The summed E-state index contributed by atoms with van der Waals surface area (Å²) in [6, 6.07) is 5.68. The van der Waals surface area contributed by atoms with E-state index in [1.54, 1.807) is 0 Å². The molecule has 0 bridgehead atoms. The van der Waals surface area contributed by atoms with Gasteiger partial charge in [0.25, 0.3) is 0 Å². The van der Waals surface area contributed by atoms with E-state index in [9.17, 15) is 4.39 Å². The van der Waals surface area contributed by atoms with Crippen LogP contribution in [0.5, 0.6) is 0 Å². The number of nitrogens with zero attached hydrogens (tertiary/aromatic N) is 2. The Morgan fingerprint density at radius 3 is 2.79 bits per heavy atom. The van der Waals surface area contributed by atoms with Gasteiger partial charge >= 0.3 is 0 Å². The van der Waals surface area contributed by atoms with Crippen LogP contribution in [0.4, 0.5) is 15.9 Å². The van der Waals surface area contributed by atoms with Gasteiger partial charge in [-0.2, -0.15) is 0 Å². The summed E-state index contributed by atoms with van der Waals surface area (Å²) in [6.07, 6.45) is 0. The first-order valence-corrected chi connectivity index (χ1v) is 6.08. The Morgan fingerprint density at radius 2 is 2.05 bits per heavy atom. The molecule has 19 heavy (non-hydrogen) atoms. The number of hydrogen-bond acceptors (Lipinski definition) is 4. The van der Waals surface area contributed by atoms with Gasteiger partial charge in [0.1, 0.15) is 23.4 Å². The highest BCUT2D eigenvalue weighted by Gasteiger charge is 2.07. The molecular formula is C12H10Cl2FN3O. The van der Waals surface area contributed by atoms with Crippen molar-refractivity contribution in [2.24, 2.45) is 0 Å². The normalized spacial score (nSPS) is 10.5. The first-order chi connectivity index (χ1) is 9.08. The van der Waals surface area contributed by atoms with Gasteiger partial charge in [-0.15, -0.1) is 0 Å². The molecule has 0 saturated heterocycles. The maximum atomic E-state index is 13.6. The molecule has 7 heteroatoms. The third-order valence-electron chi connectivity index (χ3n) is 2.21. The Balaban J connectivity index is 2.29. The lowest BCUT2D eigenvalue weighted by Crippen LogP contribution is -2.02. The molecule has 0 aliphatic carbocycles. The van der Waals surface area contributed by atoms with E-state index in [1.807, 2.05) is 0 Å². The average Bonchev–Trinajstić information content (AvgIpc) is 2.33. The minimum atomic E-state index is -0.438. The number of methoxy groups -OCH3 is 1. The fraction of sp³-hybridized carbons (Fsp3) is 0.167. The summed E-state index contributed by atoms with van der Waals surface area (Å²) < 4.78 is 18.5. The Bertz CT molecular complexity index is 595. The molecule has 0 radical (unpaired) electrons. The molecule has 0 aliphatic rings. The maximum absolute atomic E-state index is 13.6. The first kappa shape index (κ1) is 14.0. The molecule has 0 spiro atoms. The number of hydrogen-bond donors (Lipinski definition) is 1. The molecule has 0 fully saturated rings. The van der Waals surface area contributed by atoms with Crippen molar-refractivity contribution >= 4 is 34.7 Å². The fourth-order valence-corrected chi connectivity index (χ4v) is 1.83. The van der Waals surface area contributed by atoms with E-state index in [1.165, 1.54) is 31.4 Å². The molecule has 0 aliphatic heterocycles. The molecule has 0 amide bonds. The summed E-state index contributed by atoms with van der Waals surface area (Å²) >= 11 is 11.7. The Hall–Kier alpha value is -1.43. The topological polar surface area (TPSA) is 47.0 Å². The largest absolute Gasteiger partial charge is 0.377 e. The summed E-state index contributed by atoms with van der Waals surface area (Å²) in [5, 5.41) is 3.46. The second-order valence-corrected chi connectivity index (χ2v) is 4.50. The molecule has 0 unspecified atom stereocenters. The quantitative estimate of drug-likeness (QED) is 0.872. The van der Waals surface area contributed by atoms with Crippen LogP contribution in [0.2, 0.25) is 10.2 Å². The van der Waals surface area contributed by atoms with Gasteiger partial charge in [0.05, 0.1) is 5.69 Å². The van der Waals surface area contributed by atoms with Crippen molar-refractivity contribution in [3.8, 4) is 0 Å². The van der Waals surface area contributed by atoms with Crippen LogP contribution in [0.15, 0.2) is 24.3 Å². The highest BCUT2D eigenvalue weighted by Crippen LogP contribution is 2.23. The first-order valence-electron chi connectivity index (χ1n) is 5.33. The standard InChI is InChI=1S/C12H10Cl2FN3O/c1-19-6-12-17-10(14)5-11(18-12)16-9-4-7(13)2-3-8(9)15/h2-5H,6H2,1H3,(H,16,17,18). The van der Waals surface area contributed by atoms with Crippen LogP contribution in [-0.4, -0.2) is 17.1 Å². The zero-order valence-electron chi connectivity index (χ0n) is 9.95. The summed E-state index contributed by atoms with van der Waals surface area (Å²) in [7, 11) is 1.52. The van der Waals surface area contributed by atoms with E-state index < -0.39 is 5.82 Å². The second kappa shape index (κ2) is 6.14. The SMILES string of the molecule is COCc1nc(Cl)cc(Nc2cc(Cl)ccc2F)n1. The van der Waals surface area contributed by atoms with Crippen molar-refractivity contribution in [3.05, 3.63) is 46.1 Å². The van der Waals surface area contributed by atoms with E-state index >= 15 is 0 Å². The summed E-state index contributed by atoms with van der Waals surface area (Å²) in [5.74, 6) is 0.334. The van der Waals surface area contributed by atoms with Crippen molar-refractivity contribution in [2.75, 3.05) is 12.4 Å². The predicted molar refractivity (Wildman–Crippen MR) is 72.4 cm³/mol. The van der Waals surface area contributed by atoms with Gasteiger partial charge in [0.15, 0.2) is 5.82 Å². The van der Waals surface area contributed by atoms with Crippen LogP contribution in [0.25, 0.3) is 0 Å². The van der Waals surface area contributed by atoms with Gasteiger partial charge in [-0.05, 0) is 18.2 Å². The van der Waals surface area contributed by atoms with Crippen molar-refractivity contribution in [2.45, 2.75) is 6.61 Å². The second-order valence-electron chi connectivity index (χ2n) is 3.67. The fourth-order valence-electron chi connectivity index (χ4n) is 1.45. The molecule has 0 saturated carbocycles. The monoisotopic (exact) mass is 301 g/mol. The lowest BCUT2D eigenvalue weighted by atomic mass is 10.3. The third-order valence-corrected chi connectivity index (χ3v) is 2.63. The molecule has 1 N–H and O–H groups in total. The summed E-state index contributed by atoms with van der Waals surface area (Å²) in [5.41, 5.74) is 0.214. The van der Waals surface area contributed by atoms with E-state index in [-0.39, 0.29) is 17.4 Å². The summed E-state index contributed by atoms with van der Waals surface area (Å²) in [4.78, 5) is 8.12. The van der Waals surface area contributed by atoms with Crippen LogP contribution in [0.3, 0.4) is 0 Å². The van der Waals surface area contributed by atoms with E-state index in [2.05, 4.69) is 15.3 Å². The molecular weight excluding hydrogens is 292 g/mol. The van der Waals surface area contributed by atoms with Crippen molar-refractivity contribution in [3.63, 3.8) is 0 Å². The van der Waals surface area contributed by atoms with Crippen molar-refractivity contribution in [1.29, 1.82) is 0 Å². The molecule has 1 heterocycles. The van der Waals surface area contributed by atoms with Gasteiger partial charge < -0.3 is 10.1 Å². The molecule has 1 aromatic carbocycles. The number of nitrogens with one attached hydrogen (secondary N) is 1. The molecule has 2 rings (SSSR count). The van der Waals surface area contributed by atoms with Crippen LogP contribution in [0, 0.1) is 5.82 Å². The smallest absolute Gasteiger partial charge is 0.158 e. The number of benzene rings is 1. The third kappa shape index (κ3) is 3.76. The van der Waals surface area contributed by atoms with Gasteiger partial charge in [-0.3, -0.25) is 0 Å². The van der Waals surface area contributed by atoms with Crippen LogP contribution in [0.1, 0.15) is 5.82 Å². The van der Waals surface area contributed by atoms with Gasteiger partial charge in [0, 0.05) is 18.2 Å². The number of anilines is 2. The van der Waals surface area contributed by atoms with E-state index in [0.717, 1.165) is 0 Å². The highest BCUT2D eigenvalue weighted by molar-refractivity contribution is 6.31. The Labute approximate surface area is 119 Å². The zero-order chi connectivity index (χ0) is 13.8. The van der Waals surface area contributed by atoms with Gasteiger partial charge in [0.2, 0.25) is 0 Å². The molecule has 1 aromatic heterocycles. The minimum Gasteiger partial charge on any atom is -0.377 e. The highest BCUT2D eigenvalue weighted by atomic mass is 35.5. The van der Waals surface area contributed by atoms with Gasteiger partial charge in [-0.25, -0.2) is 14.4 Å². The number of aromatic nitrogens is 2. The number of halogens is 3. The van der Waals surface area contributed by atoms with Crippen LogP contribution < -0.4 is 5.32 Å². The number of ether oxygens (including phenoxy) is 1. The maximum Gasteiger partial charge on any atom is 0.158 e. The zero-order valence-corrected chi connectivity index (χ0v) is 11.5. The molecule has 4 nitrogen and oxygen atoms in total. The lowest BCUT2D eigenvalue weighted by Gasteiger charge is -2.09. The van der Waals surface area contributed by atoms with Crippen LogP contribution in [-0.2, 0) is 11.3 Å². The minimum absolute atomic E-state index is 0.214. The van der Waals surface area contributed by atoms with Crippen LogP contribution >= 0.6 is 23.2 Å². The van der Waals surface area contributed by atoms with Gasteiger partial charge in [-0.1, -0.05) is 23.2 Å². The summed E-state index contributed by atoms with van der Waals surface area (Å²) in [6.45, 7) is 0.216. The van der Waals surface area contributed by atoms with Crippen molar-refractivity contribution < 1.29 is 9.13 Å². The van der Waals surface area contributed by atoms with E-state index in [0.29, 0.717) is 16.7 Å². The number of rotatable bonds is 4. The molecule has 100 valence electrons.